The van der Waals surface area contributed by atoms with Crippen molar-refractivity contribution in [2.24, 2.45) is 0 Å². The second-order valence-corrected chi connectivity index (χ2v) is 14.5. The number of aromatic nitrogens is 7. The Bertz CT molecular complexity index is 2420. The molecule has 0 atom stereocenters. The van der Waals surface area contributed by atoms with Crippen LogP contribution in [0, 0.1) is 0 Å². The van der Waals surface area contributed by atoms with E-state index < -0.39 is 43.0 Å². The molecule has 0 aliphatic carbocycles. The van der Waals surface area contributed by atoms with Crippen LogP contribution in [0.3, 0.4) is 0 Å². The molecule has 0 saturated carbocycles. The number of imidazole rings is 3. The van der Waals surface area contributed by atoms with Crippen molar-refractivity contribution in [2.75, 3.05) is 5.73 Å². The summed E-state index contributed by atoms with van der Waals surface area (Å²) in [4.78, 5) is 83.7. The van der Waals surface area contributed by atoms with Crippen LogP contribution in [0.15, 0.2) is 110 Å². The molecule has 20 nitrogen and oxygen atoms in total. The van der Waals surface area contributed by atoms with E-state index in [-0.39, 0.29) is 22.6 Å². The van der Waals surface area contributed by atoms with Crippen molar-refractivity contribution in [1.82, 2.24) is 33.1 Å². The fraction of sp³-hybridized carbons (Fsp3) is 0.0333. The molecule has 0 aromatic carbocycles. The Morgan fingerprint density at radius 2 is 1.02 bits per heavy atom. The zero-order chi connectivity index (χ0) is 39.1. The SMILES string of the molecule is Nc1ncccc1C(=O)O.O=C(Cl)c1cccn2ccnc12.O=C(O)c1cccn2ccnc12.O=P(O)(O)C(O)(c1cccn2ccnc12)P(=O)(O)O. The Morgan fingerprint density at radius 1 is 0.604 bits per heavy atom. The maximum Gasteiger partial charge on any atom is 0.374 e. The highest BCUT2D eigenvalue weighted by Gasteiger charge is 2.62. The van der Waals surface area contributed by atoms with E-state index in [1.54, 1.807) is 58.0 Å². The summed E-state index contributed by atoms with van der Waals surface area (Å²) in [6, 6.07) is 11.8. The number of nitrogens with two attached hydrogens (primary N) is 1. The molecule has 0 radical (unpaired) electrons. The first kappa shape index (κ1) is 40.0. The van der Waals surface area contributed by atoms with Crippen LogP contribution in [0.5, 0.6) is 0 Å². The summed E-state index contributed by atoms with van der Waals surface area (Å²) in [5.74, 6) is -1.95. The number of carboxylic acids is 2. The minimum atomic E-state index is -5.57. The van der Waals surface area contributed by atoms with Gasteiger partial charge in [0, 0.05) is 62.0 Å². The molecule has 53 heavy (non-hydrogen) atoms. The normalized spacial score (nSPS) is 11.4. The Labute approximate surface area is 301 Å². The molecule has 0 bridgehead atoms. The molecule has 0 saturated heterocycles. The van der Waals surface area contributed by atoms with Gasteiger partial charge in [0.05, 0.1) is 11.1 Å². The summed E-state index contributed by atoms with van der Waals surface area (Å²) >= 11 is 5.35. The fourth-order valence-electron chi connectivity index (χ4n) is 4.51. The maximum absolute atomic E-state index is 11.4. The van der Waals surface area contributed by atoms with Gasteiger partial charge in [-0.2, -0.15) is 0 Å². The number of carbonyl (C=O) groups is 3. The van der Waals surface area contributed by atoms with Crippen molar-refractivity contribution in [2.45, 2.75) is 5.08 Å². The third-order valence-corrected chi connectivity index (χ3v) is 10.8. The van der Waals surface area contributed by atoms with Crippen LogP contribution in [0.2, 0.25) is 0 Å². The molecule has 276 valence electrons. The Hall–Kier alpha value is -5.82. The summed E-state index contributed by atoms with van der Waals surface area (Å²) < 4.78 is 27.4. The van der Waals surface area contributed by atoms with Gasteiger partial charge in [0.1, 0.15) is 28.2 Å². The molecule has 0 fully saturated rings. The molecule has 7 aromatic rings. The van der Waals surface area contributed by atoms with Crippen molar-refractivity contribution in [3.63, 3.8) is 0 Å². The lowest BCUT2D eigenvalue weighted by atomic mass is 10.3. The summed E-state index contributed by atoms with van der Waals surface area (Å²) in [7, 11) is -11.1. The predicted octanol–water partition coefficient (Wildman–Crippen LogP) is 2.90. The van der Waals surface area contributed by atoms with Crippen LogP contribution < -0.4 is 5.73 Å². The third-order valence-electron chi connectivity index (χ3n) is 6.94. The van der Waals surface area contributed by atoms with Gasteiger partial charge in [0.25, 0.3) is 10.3 Å². The van der Waals surface area contributed by atoms with Gasteiger partial charge in [-0.05, 0) is 60.1 Å². The topological polar surface area (TPSA) is 318 Å². The zero-order valence-corrected chi connectivity index (χ0v) is 29.1. The van der Waals surface area contributed by atoms with Crippen LogP contribution >= 0.6 is 26.8 Å². The first-order chi connectivity index (χ1) is 24.9. The van der Waals surface area contributed by atoms with E-state index >= 15 is 0 Å². The van der Waals surface area contributed by atoms with E-state index in [1.807, 2.05) is 6.20 Å². The summed E-state index contributed by atoms with van der Waals surface area (Å²) in [5.41, 5.74) is 6.21. The number of pyridine rings is 4. The van der Waals surface area contributed by atoms with Gasteiger partial charge in [-0.3, -0.25) is 13.9 Å². The minimum Gasteiger partial charge on any atom is -0.478 e. The molecule has 7 aromatic heterocycles. The van der Waals surface area contributed by atoms with Crippen LogP contribution in [0.4, 0.5) is 5.82 Å². The molecular weight excluding hydrogens is 762 g/mol. The number of halogens is 1. The minimum absolute atomic E-state index is 0.0440. The number of aromatic carboxylic acids is 2. The first-order valence-electron chi connectivity index (χ1n) is 14.3. The van der Waals surface area contributed by atoms with Gasteiger partial charge in [-0.15, -0.1) is 0 Å². The van der Waals surface area contributed by atoms with Crippen LogP contribution in [-0.2, 0) is 14.2 Å². The van der Waals surface area contributed by atoms with E-state index in [0.29, 0.717) is 16.9 Å². The number of nitrogen functional groups attached to an aromatic ring is 1. The lowest BCUT2D eigenvalue weighted by Gasteiger charge is -2.29. The summed E-state index contributed by atoms with van der Waals surface area (Å²) in [6.45, 7) is 0. The maximum atomic E-state index is 11.4. The van der Waals surface area contributed by atoms with Gasteiger partial charge in [0.15, 0.2) is 5.65 Å². The molecule has 0 aliphatic heterocycles. The van der Waals surface area contributed by atoms with E-state index in [9.17, 15) is 28.6 Å². The molecule has 0 spiro atoms. The predicted molar refractivity (Wildman–Crippen MR) is 186 cm³/mol. The second kappa shape index (κ2) is 16.2. The number of hydrogen-bond acceptors (Lipinski definition) is 11. The van der Waals surface area contributed by atoms with Crippen molar-refractivity contribution < 1.29 is 58.4 Å². The number of nitrogens with zero attached hydrogens (tertiary/aromatic N) is 7. The highest BCUT2D eigenvalue weighted by Crippen LogP contribution is 2.73. The van der Waals surface area contributed by atoms with Gasteiger partial charge in [-0.25, -0.2) is 29.5 Å². The van der Waals surface area contributed by atoms with Crippen LogP contribution in [0.1, 0.15) is 36.6 Å². The number of hydrogen-bond donors (Lipinski definition) is 8. The molecule has 7 heterocycles. The number of carboxylic acid groups (broad SMARTS) is 2. The van der Waals surface area contributed by atoms with E-state index in [4.69, 9.17) is 47.1 Å². The van der Waals surface area contributed by atoms with Gasteiger partial charge < -0.3 is 53.8 Å². The molecule has 23 heteroatoms. The number of anilines is 1. The fourth-order valence-corrected chi connectivity index (χ4v) is 6.99. The molecule has 0 unspecified atom stereocenters. The number of carbonyl (C=O) groups excluding carboxylic acids is 1. The highest BCUT2D eigenvalue weighted by atomic mass is 35.5. The van der Waals surface area contributed by atoms with Crippen molar-refractivity contribution in [3.05, 3.63) is 133 Å². The van der Waals surface area contributed by atoms with Gasteiger partial charge in [0.2, 0.25) is 0 Å². The Kier molecular flexibility index (Phi) is 12.2. The highest BCUT2D eigenvalue weighted by molar-refractivity contribution is 7.71. The first-order valence-corrected chi connectivity index (χ1v) is 17.9. The number of rotatable bonds is 6. The molecule has 7 rings (SSSR count). The second-order valence-electron chi connectivity index (χ2n) is 10.3. The standard InChI is InChI=1S/C8H5ClN2O.C8H10N2O7P2.C8H6N2O2.C6H6N2O2/c9-7(12)6-2-1-4-11-5-3-10-8(6)11;11-8(18(12,13)14,19(15,16)17)6-2-1-4-10-5-3-9-7(6)10;11-8(12)6-2-1-4-10-5-3-9-7(6)10;7-5-4(6(9)10)2-1-3-8-5/h1-5H;1-5,11H,(H2,12,13,14)(H2,15,16,17);1-5H,(H,11,12);1-3H,(H2,7,8)(H,9,10). The smallest absolute Gasteiger partial charge is 0.374 e. The van der Waals surface area contributed by atoms with Crippen LogP contribution in [-0.4, -0.2) is 85.2 Å². The monoisotopic (exact) mass is 788 g/mol. The molecule has 9 N–H and O–H groups in total. The van der Waals surface area contributed by atoms with Crippen LogP contribution in [0.25, 0.3) is 16.9 Å². The Balaban J connectivity index is 0.000000163. The molecule has 0 amide bonds. The van der Waals surface area contributed by atoms with E-state index in [1.165, 1.54) is 53.5 Å². The van der Waals surface area contributed by atoms with Crippen molar-refractivity contribution in [3.8, 4) is 0 Å². The van der Waals surface area contributed by atoms with Gasteiger partial charge >= 0.3 is 27.1 Å². The Morgan fingerprint density at radius 3 is 1.45 bits per heavy atom. The van der Waals surface area contributed by atoms with E-state index in [2.05, 4.69) is 19.9 Å². The average Bonchev–Trinajstić information content (AvgIpc) is 3.88. The van der Waals surface area contributed by atoms with Crippen molar-refractivity contribution >= 4 is 66.7 Å². The van der Waals surface area contributed by atoms with Gasteiger partial charge in [-0.1, -0.05) is 0 Å². The average molecular weight is 789 g/mol. The lowest BCUT2D eigenvalue weighted by Crippen LogP contribution is -2.26. The zero-order valence-electron chi connectivity index (χ0n) is 26.5. The largest absolute Gasteiger partial charge is 0.478 e. The summed E-state index contributed by atoms with van der Waals surface area (Å²) in [6.07, 6.45) is 15.8. The van der Waals surface area contributed by atoms with E-state index in [0.717, 1.165) is 6.07 Å². The number of fused-ring (bicyclic) bond motifs is 3. The molecular formula is C30H27ClN8O12P2. The lowest BCUT2D eigenvalue weighted by molar-refractivity contribution is 0.0687. The quantitative estimate of drug-likeness (QED) is 0.0887. The third kappa shape index (κ3) is 8.80. The number of aliphatic hydroxyl groups is 1. The molecule has 0 aliphatic rings. The van der Waals surface area contributed by atoms with Crippen molar-refractivity contribution in [1.29, 1.82) is 0 Å². The summed E-state index contributed by atoms with van der Waals surface area (Å²) in [5, 5.41) is 23.1.